The van der Waals surface area contributed by atoms with Crippen LogP contribution in [0.3, 0.4) is 0 Å². The summed E-state index contributed by atoms with van der Waals surface area (Å²) in [6, 6.07) is 13.1. The van der Waals surface area contributed by atoms with Crippen LogP contribution in [0, 0.1) is 11.8 Å². The first-order chi connectivity index (χ1) is 12.0. The highest BCUT2D eigenvalue weighted by atomic mass is 35.5. The average molecular weight is 374 g/mol. The number of halogens is 1. The number of nitrogens with zero attached hydrogens (tertiary/aromatic N) is 1. The molecule has 2 aliphatic rings. The second-order valence-electron chi connectivity index (χ2n) is 6.34. The molecular formula is C19H16ClNO3S. The highest BCUT2D eigenvalue weighted by Crippen LogP contribution is 2.48. The van der Waals surface area contributed by atoms with Crippen LogP contribution in [0.4, 0.5) is 11.4 Å². The van der Waals surface area contributed by atoms with Gasteiger partial charge in [0.2, 0.25) is 0 Å². The Bertz CT molecular complexity index is 869. The van der Waals surface area contributed by atoms with E-state index < -0.39 is 0 Å². The Morgan fingerprint density at radius 1 is 1.20 bits per heavy atom. The van der Waals surface area contributed by atoms with E-state index in [9.17, 15) is 9.59 Å². The van der Waals surface area contributed by atoms with E-state index in [4.69, 9.17) is 16.3 Å². The van der Waals surface area contributed by atoms with Gasteiger partial charge in [0.05, 0.1) is 17.3 Å². The van der Waals surface area contributed by atoms with Gasteiger partial charge in [0.1, 0.15) is 0 Å². The zero-order valence-electron chi connectivity index (χ0n) is 13.6. The van der Waals surface area contributed by atoms with Gasteiger partial charge in [0.25, 0.3) is 5.91 Å². The van der Waals surface area contributed by atoms with Gasteiger partial charge in [-0.1, -0.05) is 42.4 Å². The first-order valence-corrected chi connectivity index (χ1v) is 9.30. The first-order valence-electron chi connectivity index (χ1n) is 8.10. The van der Waals surface area contributed by atoms with Crippen LogP contribution in [0.1, 0.15) is 13.3 Å². The molecule has 0 saturated heterocycles. The molecular weight excluding hydrogens is 358 g/mol. The maximum Gasteiger partial charge on any atom is 0.309 e. The molecule has 0 aromatic heterocycles. The molecule has 2 aromatic carbocycles. The van der Waals surface area contributed by atoms with Crippen molar-refractivity contribution in [1.82, 2.24) is 0 Å². The highest BCUT2D eigenvalue weighted by molar-refractivity contribution is 7.99. The Balaban J connectivity index is 1.62. The molecule has 1 heterocycles. The quantitative estimate of drug-likeness (QED) is 0.733. The van der Waals surface area contributed by atoms with Gasteiger partial charge in [0.15, 0.2) is 6.61 Å². The number of hydrogen-bond acceptors (Lipinski definition) is 4. The number of para-hydroxylation sites is 1. The van der Waals surface area contributed by atoms with Crippen molar-refractivity contribution in [3.05, 3.63) is 47.5 Å². The zero-order chi connectivity index (χ0) is 17.6. The highest BCUT2D eigenvalue weighted by Gasteiger charge is 2.41. The third-order valence-corrected chi connectivity index (χ3v) is 5.85. The summed E-state index contributed by atoms with van der Waals surface area (Å²) in [5.74, 6) is -0.266. The lowest BCUT2D eigenvalue weighted by atomic mass is 10.2. The van der Waals surface area contributed by atoms with Gasteiger partial charge >= 0.3 is 5.97 Å². The fraction of sp³-hybridized carbons (Fsp3) is 0.263. The molecule has 0 unspecified atom stereocenters. The maximum atomic E-state index is 12.9. The Morgan fingerprint density at radius 3 is 2.68 bits per heavy atom. The Kier molecular flexibility index (Phi) is 4.21. The number of esters is 1. The molecule has 1 aliphatic carbocycles. The van der Waals surface area contributed by atoms with E-state index in [0.29, 0.717) is 10.9 Å². The molecule has 1 saturated carbocycles. The minimum Gasteiger partial charge on any atom is -0.455 e. The molecule has 128 valence electrons. The van der Waals surface area contributed by atoms with Crippen LogP contribution in [-0.4, -0.2) is 18.5 Å². The molecule has 0 bridgehead atoms. The van der Waals surface area contributed by atoms with E-state index in [1.165, 1.54) is 0 Å². The van der Waals surface area contributed by atoms with Gasteiger partial charge in [-0.3, -0.25) is 14.5 Å². The first kappa shape index (κ1) is 16.5. The molecule has 25 heavy (non-hydrogen) atoms. The molecule has 0 spiro atoms. The molecule has 0 N–H and O–H groups in total. The number of anilines is 2. The lowest BCUT2D eigenvalue weighted by Crippen LogP contribution is -2.32. The van der Waals surface area contributed by atoms with Crippen LogP contribution >= 0.6 is 23.4 Å². The number of rotatable bonds is 3. The molecule has 1 amide bonds. The number of benzene rings is 2. The van der Waals surface area contributed by atoms with E-state index in [1.807, 2.05) is 37.3 Å². The van der Waals surface area contributed by atoms with Gasteiger partial charge < -0.3 is 4.74 Å². The molecule has 2 aromatic rings. The summed E-state index contributed by atoms with van der Waals surface area (Å²) in [5, 5.41) is 0.556. The summed E-state index contributed by atoms with van der Waals surface area (Å²) >= 11 is 7.73. The summed E-state index contributed by atoms with van der Waals surface area (Å²) in [5.41, 5.74) is 1.50. The van der Waals surface area contributed by atoms with Crippen LogP contribution < -0.4 is 4.90 Å². The van der Waals surface area contributed by atoms with Crippen molar-refractivity contribution in [2.75, 3.05) is 11.5 Å². The predicted octanol–water partition coefficient (Wildman–Crippen LogP) is 4.67. The normalized spacial score (nSPS) is 20.5. The van der Waals surface area contributed by atoms with E-state index in [-0.39, 0.29) is 24.4 Å². The van der Waals surface area contributed by atoms with E-state index in [1.54, 1.807) is 28.8 Å². The largest absolute Gasteiger partial charge is 0.455 e. The maximum absolute atomic E-state index is 12.9. The van der Waals surface area contributed by atoms with Gasteiger partial charge in [-0.2, -0.15) is 0 Å². The standard InChI is InChI=1S/C19H16ClNO3S/c1-11-8-13(11)19(23)24-10-18(22)21-14-4-2-3-5-16(14)25-17-7-6-12(20)9-15(17)21/h2-7,9,11,13H,8,10H2,1H3/t11-,13-/m0/s1. The fourth-order valence-corrected chi connectivity index (χ4v) is 4.16. The Morgan fingerprint density at radius 2 is 1.92 bits per heavy atom. The number of carbonyl (C=O) groups is 2. The molecule has 1 aliphatic heterocycles. The van der Waals surface area contributed by atoms with Gasteiger partial charge in [-0.25, -0.2) is 0 Å². The number of ether oxygens (including phenoxy) is 1. The van der Waals surface area contributed by atoms with Crippen molar-refractivity contribution >= 4 is 46.6 Å². The summed E-state index contributed by atoms with van der Waals surface area (Å²) < 4.78 is 5.24. The van der Waals surface area contributed by atoms with Gasteiger partial charge in [-0.15, -0.1) is 0 Å². The molecule has 4 nitrogen and oxygen atoms in total. The van der Waals surface area contributed by atoms with E-state index >= 15 is 0 Å². The van der Waals surface area contributed by atoms with Crippen molar-refractivity contribution < 1.29 is 14.3 Å². The smallest absolute Gasteiger partial charge is 0.309 e. The minimum atomic E-state index is -0.285. The number of fused-ring (bicyclic) bond motifs is 2. The topological polar surface area (TPSA) is 46.6 Å². The number of carbonyl (C=O) groups excluding carboxylic acids is 2. The zero-order valence-corrected chi connectivity index (χ0v) is 15.1. The number of hydrogen-bond donors (Lipinski definition) is 0. The number of amides is 1. The van der Waals surface area contributed by atoms with Crippen molar-refractivity contribution in [1.29, 1.82) is 0 Å². The third-order valence-electron chi connectivity index (χ3n) is 4.49. The Labute approximate surface area is 155 Å². The second-order valence-corrected chi connectivity index (χ2v) is 7.86. The second kappa shape index (κ2) is 6.39. The fourth-order valence-electron chi connectivity index (χ4n) is 2.95. The van der Waals surface area contributed by atoms with Crippen LogP contribution in [0.2, 0.25) is 5.02 Å². The molecule has 0 radical (unpaired) electrons. The molecule has 1 fully saturated rings. The van der Waals surface area contributed by atoms with Crippen LogP contribution in [-0.2, 0) is 14.3 Å². The molecule has 2 atom stereocenters. The van der Waals surface area contributed by atoms with Gasteiger partial charge in [-0.05, 0) is 42.7 Å². The average Bonchev–Trinajstić information content (AvgIpc) is 3.34. The minimum absolute atomic E-state index is 0.0567. The summed E-state index contributed by atoms with van der Waals surface area (Å²) in [4.78, 5) is 28.3. The summed E-state index contributed by atoms with van der Waals surface area (Å²) in [7, 11) is 0. The third kappa shape index (κ3) is 3.14. The predicted molar refractivity (Wildman–Crippen MR) is 97.4 cm³/mol. The Hall–Kier alpha value is -1.98. The lowest BCUT2D eigenvalue weighted by molar-refractivity contribution is -0.149. The monoisotopic (exact) mass is 373 g/mol. The van der Waals surface area contributed by atoms with Crippen LogP contribution in [0.15, 0.2) is 52.3 Å². The van der Waals surface area contributed by atoms with Crippen molar-refractivity contribution in [2.24, 2.45) is 11.8 Å². The SMILES string of the molecule is C[C@H]1C[C@@H]1C(=O)OCC(=O)N1c2ccccc2Sc2ccc(Cl)cc21. The van der Waals surface area contributed by atoms with Crippen molar-refractivity contribution in [2.45, 2.75) is 23.1 Å². The van der Waals surface area contributed by atoms with Crippen molar-refractivity contribution in [3.8, 4) is 0 Å². The molecule has 6 heteroatoms. The van der Waals surface area contributed by atoms with E-state index in [0.717, 1.165) is 27.6 Å². The van der Waals surface area contributed by atoms with Crippen LogP contribution in [0.25, 0.3) is 0 Å². The lowest BCUT2D eigenvalue weighted by Gasteiger charge is -2.31. The van der Waals surface area contributed by atoms with Crippen molar-refractivity contribution in [3.63, 3.8) is 0 Å². The van der Waals surface area contributed by atoms with E-state index in [2.05, 4.69) is 0 Å². The van der Waals surface area contributed by atoms with Gasteiger partial charge in [0, 0.05) is 14.8 Å². The molecule has 4 rings (SSSR count). The summed E-state index contributed by atoms with van der Waals surface area (Å²) in [6.07, 6.45) is 0.842. The summed E-state index contributed by atoms with van der Waals surface area (Å²) in [6.45, 7) is 1.73. The van der Waals surface area contributed by atoms with Crippen LogP contribution in [0.5, 0.6) is 0 Å².